The fourth-order valence-corrected chi connectivity index (χ4v) is 3.08. The fraction of sp³-hybridized carbons (Fsp3) is 0.471. The molecule has 0 radical (unpaired) electrons. The molecule has 0 unspecified atom stereocenters. The first-order valence-corrected chi connectivity index (χ1v) is 10.5. The Morgan fingerprint density at radius 1 is 1.33 bits per heavy atom. The third-order valence-corrected chi connectivity index (χ3v) is 5.18. The predicted octanol–water partition coefficient (Wildman–Crippen LogP) is 0.386. The Morgan fingerprint density at radius 3 is 2.70 bits per heavy atom. The third kappa shape index (κ3) is 5.76. The first-order valence-electron chi connectivity index (χ1n) is 8.99. The summed E-state index contributed by atoms with van der Waals surface area (Å²) >= 11 is 0. The zero-order valence-electron chi connectivity index (χ0n) is 15.3. The maximum absolute atomic E-state index is 11.3. The van der Waals surface area contributed by atoms with Crippen molar-refractivity contribution in [2.24, 2.45) is 10.1 Å². The van der Waals surface area contributed by atoms with Gasteiger partial charge in [0.15, 0.2) is 5.96 Å². The number of rotatable bonds is 8. The molecule has 0 spiro atoms. The summed E-state index contributed by atoms with van der Waals surface area (Å²) in [6.07, 6.45) is 4.87. The van der Waals surface area contributed by atoms with Crippen molar-refractivity contribution in [3.8, 4) is 0 Å². The Hall–Kier alpha value is -2.46. The van der Waals surface area contributed by atoms with Gasteiger partial charge in [-0.05, 0) is 30.5 Å². The summed E-state index contributed by atoms with van der Waals surface area (Å²) in [7, 11) is -3.67. The molecule has 3 rings (SSSR count). The van der Waals surface area contributed by atoms with Crippen molar-refractivity contribution < 1.29 is 8.42 Å². The van der Waals surface area contributed by atoms with Gasteiger partial charge in [0.05, 0.1) is 11.4 Å². The van der Waals surface area contributed by atoms with E-state index in [1.807, 2.05) is 4.57 Å². The van der Waals surface area contributed by atoms with E-state index in [1.165, 1.54) is 12.1 Å². The van der Waals surface area contributed by atoms with Gasteiger partial charge in [-0.15, -0.1) is 10.2 Å². The maximum atomic E-state index is 11.3. The SMILES string of the molecule is CCc1nncn1CCNC(=NCc1ccc(S(N)(=O)=O)cc1)NC1CC1. The summed E-state index contributed by atoms with van der Waals surface area (Å²) in [5, 5.41) is 19.9. The highest BCUT2D eigenvalue weighted by molar-refractivity contribution is 7.89. The molecule has 0 bridgehead atoms. The van der Waals surface area contributed by atoms with Gasteiger partial charge in [-0.25, -0.2) is 18.5 Å². The van der Waals surface area contributed by atoms with Gasteiger partial charge in [0, 0.05) is 25.6 Å². The lowest BCUT2D eigenvalue weighted by atomic mass is 10.2. The molecule has 0 saturated heterocycles. The van der Waals surface area contributed by atoms with Gasteiger partial charge in [0.1, 0.15) is 12.2 Å². The topological polar surface area (TPSA) is 127 Å². The number of primary sulfonamides is 1. The molecular weight excluding hydrogens is 366 g/mol. The summed E-state index contributed by atoms with van der Waals surface area (Å²) in [5.41, 5.74) is 0.909. The van der Waals surface area contributed by atoms with Crippen molar-refractivity contribution in [2.75, 3.05) is 6.54 Å². The molecule has 1 aromatic heterocycles. The number of sulfonamides is 1. The van der Waals surface area contributed by atoms with E-state index in [0.717, 1.165) is 43.2 Å². The highest BCUT2D eigenvalue weighted by atomic mass is 32.2. The van der Waals surface area contributed by atoms with Gasteiger partial charge in [-0.2, -0.15) is 0 Å². The average molecular weight is 392 g/mol. The number of nitrogens with one attached hydrogen (secondary N) is 2. The second kappa shape index (κ2) is 8.49. The third-order valence-electron chi connectivity index (χ3n) is 4.25. The molecule has 4 N–H and O–H groups in total. The highest BCUT2D eigenvalue weighted by Crippen LogP contribution is 2.18. The van der Waals surface area contributed by atoms with Crippen molar-refractivity contribution in [1.29, 1.82) is 0 Å². The molecule has 0 aliphatic heterocycles. The van der Waals surface area contributed by atoms with Crippen LogP contribution in [0.4, 0.5) is 0 Å². The fourth-order valence-electron chi connectivity index (χ4n) is 2.56. The zero-order valence-corrected chi connectivity index (χ0v) is 16.1. The van der Waals surface area contributed by atoms with E-state index >= 15 is 0 Å². The van der Waals surface area contributed by atoms with Crippen LogP contribution in [0.2, 0.25) is 0 Å². The van der Waals surface area contributed by atoms with Gasteiger partial charge in [-0.3, -0.25) is 0 Å². The van der Waals surface area contributed by atoms with Crippen LogP contribution in [0.5, 0.6) is 0 Å². The Labute approximate surface area is 159 Å². The lowest BCUT2D eigenvalue weighted by Crippen LogP contribution is -2.40. The molecule has 1 saturated carbocycles. The molecule has 0 atom stereocenters. The largest absolute Gasteiger partial charge is 0.355 e. The van der Waals surface area contributed by atoms with E-state index in [-0.39, 0.29) is 4.90 Å². The Bertz CT molecular complexity index is 886. The lowest BCUT2D eigenvalue weighted by Gasteiger charge is -2.13. The minimum atomic E-state index is -3.67. The standard InChI is InChI=1S/C17H25N7O2S/c1-2-16-23-21-12-24(16)10-9-19-17(22-14-5-6-14)20-11-13-3-7-15(8-4-13)27(18,25)26/h3-4,7-8,12,14H,2,5-6,9-11H2,1H3,(H2,18,25,26)(H2,19,20,22). The minimum Gasteiger partial charge on any atom is -0.355 e. The highest BCUT2D eigenvalue weighted by Gasteiger charge is 2.22. The van der Waals surface area contributed by atoms with Crippen LogP contribution in [0.1, 0.15) is 31.2 Å². The van der Waals surface area contributed by atoms with E-state index in [4.69, 9.17) is 5.14 Å². The molecule has 146 valence electrons. The zero-order chi connectivity index (χ0) is 19.3. The van der Waals surface area contributed by atoms with Gasteiger partial charge >= 0.3 is 0 Å². The predicted molar refractivity (Wildman–Crippen MR) is 103 cm³/mol. The summed E-state index contributed by atoms with van der Waals surface area (Å²) < 4.78 is 24.7. The Morgan fingerprint density at radius 2 is 2.07 bits per heavy atom. The second-order valence-corrected chi connectivity index (χ2v) is 8.05. The van der Waals surface area contributed by atoms with Crippen LogP contribution < -0.4 is 15.8 Å². The molecule has 10 heteroatoms. The number of guanidine groups is 1. The molecule has 1 fully saturated rings. The van der Waals surface area contributed by atoms with E-state index in [0.29, 0.717) is 19.1 Å². The molecule has 0 amide bonds. The van der Waals surface area contributed by atoms with Crippen molar-refractivity contribution >= 4 is 16.0 Å². The van der Waals surface area contributed by atoms with E-state index < -0.39 is 10.0 Å². The van der Waals surface area contributed by atoms with Gasteiger partial charge in [0.2, 0.25) is 10.0 Å². The van der Waals surface area contributed by atoms with Gasteiger partial charge in [0.25, 0.3) is 0 Å². The molecular formula is C17H25N7O2S. The Balaban J connectivity index is 1.58. The van der Waals surface area contributed by atoms with Gasteiger partial charge < -0.3 is 15.2 Å². The monoisotopic (exact) mass is 391 g/mol. The summed E-state index contributed by atoms with van der Waals surface area (Å²) in [6, 6.07) is 6.92. The minimum absolute atomic E-state index is 0.102. The van der Waals surface area contributed by atoms with E-state index in [1.54, 1.807) is 18.5 Å². The van der Waals surface area contributed by atoms with Crippen LogP contribution in [0.15, 0.2) is 40.5 Å². The number of hydrogen-bond acceptors (Lipinski definition) is 5. The second-order valence-electron chi connectivity index (χ2n) is 6.49. The van der Waals surface area contributed by atoms with Crippen LogP contribution in [-0.4, -0.2) is 41.7 Å². The van der Waals surface area contributed by atoms with Crippen molar-refractivity contribution in [2.45, 2.75) is 50.2 Å². The van der Waals surface area contributed by atoms with Crippen LogP contribution in [0.25, 0.3) is 0 Å². The van der Waals surface area contributed by atoms with Crippen molar-refractivity contribution in [1.82, 2.24) is 25.4 Å². The first kappa shape index (κ1) is 19.3. The maximum Gasteiger partial charge on any atom is 0.238 e. The van der Waals surface area contributed by atoms with Gasteiger partial charge in [-0.1, -0.05) is 19.1 Å². The number of nitrogens with zero attached hydrogens (tertiary/aromatic N) is 4. The molecule has 2 aromatic rings. The number of benzene rings is 1. The normalized spacial score (nSPS) is 15.0. The van der Waals surface area contributed by atoms with E-state index in [2.05, 4.69) is 32.7 Å². The number of nitrogens with two attached hydrogens (primary N) is 1. The van der Waals surface area contributed by atoms with Crippen LogP contribution >= 0.6 is 0 Å². The first-order chi connectivity index (χ1) is 13.0. The average Bonchev–Trinajstić information content (AvgIpc) is 3.34. The quantitative estimate of drug-likeness (QED) is 0.441. The van der Waals surface area contributed by atoms with Crippen LogP contribution in [-0.2, 0) is 29.5 Å². The lowest BCUT2D eigenvalue weighted by molar-refractivity contribution is 0.597. The number of hydrogen-bond donors (Lipinski definition) is 3. The molecule has 1 aliphatic carbocycles. The van der Waals surface area contributed by atoms with Crippen molar-refractivity contribution in [3.05, 3.63) is 42.0 Å². The summed E-state index contributed by atoms with van der Waals surface area (Å²) in [4.78, 5) is 4.70. The van der Waals surface area contributed by atoms with Crippen LogP contribution in [0.3, 0.4) is 0 Å². The number of aliphatic imine (C=N–C) groups is 1. The van der Waals surface area contributed by atoms with Crippen LogP contribution in [0, 0.1) is 0 Å². The molecule has 9 nitrogen and oxygen atoms in total. The number of aryl methyl sites for hydroxylation is 1. The van der Waals surface area contributed by atoms with Crippen molar-refractivity contribution in [3.63, 3.8) is 0 Å². The van der Waals surface area contributed by atoms with E-state index in [9.17, 15) is 8.42 Å². The smallest absolute Gasteiger partial charge is 0.238 e. The molecule has 1 aliphatic rings. The molecule has 27 heavy (non-hydrogen) atoms. The Kier molecular flexibility index (Phi) is 6.07. The summed E-state index contributed by atoms with van der Waals surface area (Å²) in [5.74, 6) is 1.71. The molecule has 1 heterocycles. The summed E-state index contributed by atoms with van der Waals surface area (Å²) in [6.45, 7) is 3.95. The molecule has 1 aromatic carbocycles. The number of aromatic nitrogens is 3.